The van der Waals surface area contributed by atoms with Gasteiger partial charge in [-0.05, 0) is 71.8 Å². The lowest BCUT2D eigenvalue weighted by molar-refractivity contribution is 0.500. The molecule has 0 heterocycles. The lowest BCUT2D eigenvalue weighted by atomic mass is 9.97. The molecule has 112 valence electrons. The fourth-order valence-electron chi connectivity index (χ4n) is 2.34. The van der Waals surface area contributed by atoms with Crippen molar-refractivity contribution in [3.05, 3.63) is 68.3 Å². The van der Waals surface area contributed by atoms with Crippen LogP contribution in [0.15, 0.2) is 36.4 Å². The van der Waals surface area contributed by atoms with Gasteiger partial charge >= 0.3 is 0 Å². The number of rotatable bonds is 5. The van der Waals surface area contributed by atoms with Crippen molar-refractivity contribution in [3.63, 3.8) is 0 Å². The minimum atomic E-state index is -0.499. The molecule has 0 aliphatic rings. The summed E-state index contributed by atoms with van der Waals surface area (Å²) in [6.07, 6.45) is 0.673. The first-order valence-corrected chi connectivity index (χ1v) is 8.02. The Bertz CT molecular complexity index is 611. The Labute approximate surface area is 137 Å². The number of benzene rings is 2. The van der Waals surface area contributed by atoms with Gasteiger partial charge in [-0.3, -0.25) is 0 Å². The zero-order chi connectivity index (χ0) is 15.4. The van der Waals surface area contributed by atoms with Gasteiger partial charge in [0.05, 0.1) is 0 Å². The van der Waals surface area contributed by atoms with Crippen LogP contribution in [0.2, 0.25) is 0 Å². The van der Waals surface area contributed by atoms with Crippen LogP contribution in [-0.2, 0) is 6.42 Å². The van der Waals surface area contributed by atoms with Gasteiger partial charge in [0.25, 0.3) is 0 Å². The smallest absolute Gasteiger partial charge is 0.130 e. The van der Waals surface area contributed by atoms with Crippen molar-refractivity contribution < 1.29 is 8.78 Å². The van der Waals surface area contributed by atoms with E-state index in [2.05, 4.69) is 27.9 Å². The summed E-state index contributed by atoms with van der Waals surface area (Å²) in [5, 5.41) is 3.29. The van der Waals surface area contributed by atoms with Crippen molar-refractivity contribution in [2.75, 3.05) is 6.54 Å². The molecule has 0 saturated heterocycles. The summed E-state index contributed by atoms with van der Waals surface area (Å²) in [5.41, 5.74) is 2.12. The van der Waals surface area contributed by atoms with Crippen LogP contribution in [0, 0.1) is 22.1 Å². The maximum Gasteiger partial charge on any atom is 0.130 e. The number of likely N-dealkylation sites (N-methyl/N-ethyl adjacent to an activating group) is 1. The molecular formula is C17H18F2IN. The fraction of sp³-hybridized carbons (Fsp3) is 0.294. The van der Waals surface area contributed by atoms with Gasteiger partial charge in [0, 0.05) is 21.2 Å². The number of halogens is 3. The molecule has 2 aromatic carbocycles. The Morgan fingerprint density at radius 2 is 1.76 bits per heavy atom. The van der Waals surface area contributed by atoms with Crippen molar-refractivity contribution in [1.82, 2.24) is 5.32 Å². The van der Waals surface area contributed by atoms with E-state index in [0.29, 0.717) is 17.5 Å². The molecule has 1 atom stereocenters. The molecule has 0 aromatic heterocycles. The van der Waals surface area contributed by atoms with Gasteiger partial charge in [-0.15, -0.1) is 0 Å². The van der Waals surface area contributed by atoms with Gasteiger partial charge in [-0.25, -0.2) is 8.78 Å². The topological polar surface area (TPSA) is 12.0 Å². The van der Waals surface area contributed by atoms with Crippen LogP contribution >= 0.6 is 22.6 Å². The van der Waals surface area contributed by atoms with Crippen LogP contribution in [0.3, 0.4) is 0 Å². The van der Waals surface area contributed by atoms with E-state index in [9.17, 15) is 8.78 Å². The van der Waals surface area contributed by atoms with Crippen LogP contribution in [0.25, 0.3) is 0 Å². The van der Waals surface area contributed by atoms with Gasteiger partial charge in [0.1, 0.15) is 11.6 Å². The third-order valence-corrected chi connectivity index (χ3v) is 4.18. The molecule has 0 radical (unpaired) electrons. The highest BCUT2D eigenvalue weighted by atomic mass is 127. The zero-order valence-electron chi connectivity index (χ0n) is 12.1. The molecule has 0 amide bonds. The number of nitrogens with one attached hydrogen (secondary N) is 1. The summed E-state index contributed by atoms with van der Waals surface area (Å²) in [5.74, 6) is -0.990. The lowest BCUT2D eigenvalue weighted by Crippen LogP contribution is -2.24. The SMILES string of the molecule is CCNC(Cc1ccc(I)cc1)c1cc(C)c(F)cc1F. The third-order valence-electron chi connectivity index (χ3n) is 3.46. The molecule has 2 aromatic rings. The quantitative estimate of drug-likeness (QED) is 0.712. The van der Waals surface area contributed by atoms with E-state index in [0.717, 1.165) is 18.2 Å². The summed E-state index contributed by atoms with van der Waals surface area (Å²) in [7, 11) is 0. The maximum absolute atomic E-state index is 14.1. The molecule has 2 rings (SSSR count). The minimum Gasteiger partial charge on any atom is -0.310 e. The van der Waals surface area contributed by atoms with Crippen molar-refractivity contribution in [3.8, 4) is 0 Å². The zero-order valence-corrected chi connectivity index (χ0v) is 14.2. The predicted molar refractivity (Wildman–Crippen MR) is 90.4 cm³/mol. The van der Waals surface area contributed by atoms with E-state index in [4.69, 9.17) is 0 Å². The van der Waals surface area contributed by atoms with E-state index in [-0.39, 0.29) is 6.04 Å². The third kappa shape index (κ3) is 4.23. The molecular weight excluding hydrogens is 383 g/mol. The summed E-state index contributed by atoms with van der Waals surface area (Å²) >= 11 is 2.25. The Morgan fingerprint density at radius 1 is 1.10 bits per heavy atom. The first kappa shape index (κ1) is 16.4. The predicted octanol–water partition coefficient (Wildman–Crippen LogP) is 4.77. The Morgan fingerprint density at radius 3 is 2.38 bits per heavy atom. The van der Waals surface area contributed by atoms with Crippen molar-refractivity contribution in [2.24, 2.45) is 0 Å². The second kappa shape index (κ2) is 7.31. The fourth-order valence-corrected chi connectivity index (χ4v) is 2.70. The highest BCUT2D eigenvalue weighted by Gasteiger charge is 2.17. The minimum absolute atomic E-state index is 0.158. The van der Waals surface area contributed by atoms with E-state index in [1.165, 1.54) is 3.57 Å². The summed E-state index contributed by atoms with van der Waals surface area (Å²) in [6.45, 7) is 4.37. The van der Waals surface area contributed by atoms with Crippen LogP contribution in [0.1, 0.15) is 29.7 Å². The normalized spacial score (nSPS) is 12.4. The maximum atomic E-state index is 14.1. The average Bonchev–Trinajstić information content (AvgIpc) is 2.45. The van der Waals surface area contributed by atoms with E-state index in [1.807, 2.05) is 31.2 Å². The Balaban J connectivity index is 2.30. The largest absolute Gasteiger partial charge is 0.310 e. The van der Waals surface area contributed by atoms with Crippen LogP contribution in [-0.4, -0.2) is 6.54 Å². The van der Waals surface area contributed by atoms with Crippen LogP contribution in [0.4, 0.5) is 8.78 Å². The summed E-state index contributed by atoms with van der Waals surface area (Å²) < 4.78 is 28.7. The molecule has 0 bridgehead atoms. The van der Waals surface area contributed by atoms with Gasteiger partial charge in [0.2, 0.25) is 0 Å². The molecule has 0 aliphatic heterocycles. The molecule has 1 nitrogen and oxygen atoms in total. The van der Waals surface area contributed by atoms with Crippen LogP contribution in [0.5, 0.6) is 0 Å². The molecule has 4 heteroatoms. The number of hydrogen-bond acceptors (Lipinski definition) is 1. The molecule has 1 N–H and O–H groups in total. The van der Waals surface area contributed by atoms with E-state index < -0.39 is 11.6 Å². The van der Waals surface area contributed by atoms with Crippen molar-refractivity contribution >= 4 is 22.6 Å². The first-order valence-electron chi connectivity index (χ1n) is 6.94. The molecule has 21 heavy (non-hydrogen) atoms. The van der Waals surface area contributed by atoms with Gasteiger partial charge < -0.3 is 5.32 Å². The Kier molecular flexibility index (Phi) is 5.70. The first-order chi connectivity index (χ1) is 10.0. The monoisotopic (exact) mass is 401 g/mol. The standard InChI is InChI=1S/C17H18F2IN/c1-3-21-17(9-12-4-6-13(20)7-5-12)14-8-11(2)15(18)10-16(14)19/h4-8,10,17,21H,3,9H2,1-2H3. The van der Waals surface area contributed by atoms with Gasteiger partial charge in [-0.2, -0.15) is 0 Å². The lowest BCUT2D eigenvalue weighted by Gasteiger charge is -2.20. The number of aryl methyl sites for hydroxylation is 1. The number of hydrogen-bond donors (Lipinski definition) is 1. The van der Waals surface area contributed by atoms with Gasteiger partial charge in [-0.1, -0.05) is 19.1 Å². The molecule has 0 aliphatic carbocycles. The van der Waals surface area contributed by atoms with Crippen molar-refractivity contribution in [1.29, 1.82) is 0 Å². The van der Waals surface area contributed by atoms with Gasteiger partial charge in [0.15, 0.2) is 0 Å². The van der Waals surface area contributed by atoms with Crippen molar-refractivity contribution in [2.45, 2.75) is 26.3 Å². The molecule has 0 spiro atoms. The summed E-state index contributed by atoms with van der Waals surface area (Å²) in [6, 6.07) is 10.6. The molecule has 0 saturated carbocycles. The highest BCUT2D eigenvalue weighted by Crippen LogP contribution is 2.24. The van der Waals surface area contributed by atoms with E-state index >= 15 is 0 Å². The second-order valence-electron chi connectivity index (χ2n) is 5.06. The Hall–Kier alpha value is -1.01. The molecule has 1 unspecified atom stereocenters. The average molecular weight is 401 g/mol. The van der Waals surface area contributed by atoms with E-state index in [1.54, 1.807) is 13.0 Å². The highest BCUT2D eigenvalue weighted by molar-refractivity contribution is 14.1. The molecule has 0 fully saturated rings. The van der Waals surface area contributed by atoms with Crippen LogP contribution < -0.4 is 5.32 Å². The summed E-state index contributed by atoms with van der Waals surface area (Å²) in [4.78, 5) is 0. The second-order valence-corrected chi connectivity index (χ2v) is 6.31.